The van der Waals surface area contributed by atoms with E-state index in [0.717, 1.165) is 82.2 Å². The van der Waals surface area contributed by atoms with Gasteiger partial charge in [-0.2, -0.15) is 10.5 Å². The summed E-state index contributed by atoms with van der Waals surface area (Å²) in [5, 5.41) is 27.0. The molecule has 3 aromatic heterocycles. The van der Waals surface area contributed by atoms with Crippen LogP contribution in [0, 0.1) is 22.7 Å². The van der Waals surface area contributed by atoms with Gasteiger partial charge in [-0.1, -0.05) is 78.9 Å². The minimum atomic E-state index is -0.276. The maximum Gasteiger partial charge on any atom is 0.332 e. The first kappa shape index (κ1) is 23.3. The molecule has 1 aliphatic heterocycles. The van der Waals surface area contributed by atoms with Gasteiger partial charge in [-0.25, -0.2) is 0 Å². The van der Waals surface area contributed by atoms with E-state index in [4.69, 9.17) is 4.42 Å². The molecule has 0 atom stereocenters. The van der Waals surface area contributed by atoms with Gasteiger partial charge >= 0.3 is 6.85 Å². The van der Waals surface area contributed by atoms with Gasteiger partial charge in [0.1, 0.15) is 23.3 Å². The SMILES string of the molecule is N#Cc1cccc2c3cccc(C#N)c3n(B3c4ccccc4-n4c5ccc6c7ccccc7oc6c5c5cccc3c54)c12. The van der Waals surface area contributed by atoms with Crippen molar-refractivity contribution in [2.24, 2.45) is 0 Å². The third kappa shape index (κ3) is 2.69. The van der Waals surface area contributed by atoms with Crippen LogP contribution in [0.1, 0.15) is 11.1 Å². The number of nitrogens with zero attached hydrogens (tertiary/aromatic N) is 4. The van der Waals surface area contributed by atoms with Crippen LogP contribution < -0.4 is 10.9 Å². The molecule has 0 radical (unpaired) electrons. The van der Waals surface area contributed by atoms with E-state index in [1.165, 1.54) is 0 Å². The number of fused-ring (bicyclic) bond motifs is 12. The second-order valence-electron chi connectivity index (χ2n) is 11.5. The largest absolute Gasteiger partial charge is 0.455 e. The predicted molar refractivity (Wildman–Crippen MR) is 177 cm³/mol. The van der Waals surface area contributed by atoms with Crippen molar-refractivity contribution in [2.75, 3.05) is 0 Å². The van der Waals surface area contributed by atoms with Gasteiger partial charge in [-0.05, 0) is 47.3 Å². The minimum Gasteiger partial charge on any atom is -0.455 e. The number of furan rings is 1. The Morgan fingerprint density at radius 2 is 1.18 bits per heavy atom. The molecule has 0 saturated carbocycles. The van der Waals surface area contributed by atoms with Crippen LogP contribution in [-0.2, 0) is 0 Å². The fourth-order valence-electron chi connectivity index (χ4n) is 7.79. The summed E-state index contributed by atoms with van der Waals surface area (Å²) in [6.45, 7) is -0.276. The summed E-state index contributed by atoms with van der Waals surface area (Å²) >= 11 is 0. The number of benzene rings is 6. The fraction of sp³-hybridized carbons (Fsp3) is 0. The third-order valence-electron chi connectivity index (χ3n) is 9.44. The monoisotopic (exact) mass is 558 g/mol. The molecule has 0 unspecified atom stereocenters. The van der Waals surface area contributed by atoms with E-state index in [9.17, 15) is 10.5 Å². The highest BCUT2D eigenvalue weighted by Crippen LogP contribution is 2.42. The van der Waals surface area contributed by atoms with Crippen LogP contribution in [0.4, 0.5) is 0 Å². The van der Waals surface area contributed by atoms with Crippen molar-refractivity contribution in [3.8, 4) is 17.8 Å². The van der Waals surface area contributed by atoms with E-state index in [1.54, 1.807) is 0 Å². The summed E-state index contributed by atoms with van der Waals surface area (Å²) in [6, 6.07) is 44.2. The first-order valence-corrected chi connectivity index (χ1v) is 14.6. The Morgan fingerprint density at radius 3 is 1.95 bits per heavy atom. The molecule has 6 heteroatoms. The quantitative estimate of drug-likeness (QED) is 0.196. The first-order valence-electron chi connectivity index (χ1n) is 14.6. The Kier molecular flexibility index (Phi) is 4.35. The molecule has 10 rings (SSSR count). The Hall–Kier alpha value is -6.24. The second-order valence-corrected chi connectivity index (χ2v) is 11.5. The van der Waals surface area contributed by atoms with Gasteiger partial charge in [0.15, 0.2) is 0 Å². The van der Waals surface area contributed by atoms with Crippen LogP contribution in [0.2, 0.25) is 0 Å². The van der Waals surface area contributed by atoms with E-state index in [2.05, 4.69) is 100 Å². The topological polar surface area (TPSA) is 70.6 Å². The summed E-state index contributed by atoms with van der Waals surface area (Å²) in [7, 11) is 0. The molecule has 0 aliphatic carbocycles. The highest BCUT2D eigenvalue weighted by molar-refractivity contribution is 6.88. The maximum absolute atomic E-state index is 10.3. The Balaban J connectivity index is 1.44. The summed E-state index contributed by atoms with van der Waals surface area (Å²) in [6.07, 6.45) is 0. The van der Waals surface area contributed by atoms with Gasteiger partial charge < -0.3 is 13.5 Å². The average Bonchev–Trinajstić information content (AvgIpc) is 3.74. The van der Waals surface area contributed by atoms with Crippen molar-refractivity contribution in [2.45, 2.75) is 0 Å². The standard InChI is InChI=1S/C38H19BN4O/c40-20-22-8-5-11-25-26-12-6-9-23(21-41)36(26)43(35(22)25)39-29-14-2-3-16-31(29)42-32-19-18-27-24-10-1-4-17-33(24)44-38(27)34(32)28-13-7-15-30(39)37(28)42/h1-19H. The van der Waals surface area contributed by atoms with Gasteiger partial charge in [0, 0.05) is 32.6 Å². The molecule has 0 amide bonds. The lowest BCUT2D eigenvalue weighted by Gasteiger charge is -2.28. The van der Waals surface area contributed by atoms with Crippen molar-refractivity contribution >= 4 is 83.3 Å². The molecule has 5 nitrogen and oxygen atoms in total. The summed E-state index contributed by atoms with van der Waals surface area (Å²) in [4.78, 5) is 0. The Morgan fingerprint density at radius 1 is 0.545 bits per heavy atom. The fourth-order valence-corrected chi connectivity index (χ4v) is 7.79. The normalized spacial score (nSPS) is 12.5. The van der Waals surface area contributed by atoms with Gasteiger partial charge in [-0.15, -0.1) is 0 Å². The lowest BCUT2D eigenvalue weighted by atomic mass is 9.48. The molecule has 0 fully saturated rings. The lowest BCUT2D eigenvalue weighted by molar-refractivity contribution is 0.673. The van der Waals surface area contributed by atoms with Crippen LogP contribution in [0.15, 0.2) is 120 Å². The van der Waals surface area contributed by atoms with Crippen LogP contribution in [0.3, 0.4) is 0 Å². The van der Waals surface area contributed by atoms with Crippen molar-refractivity contribution in [3.63, 3.8) is 0 Å². The molecule has 0 saturated heterocycles. The van der Waals surface area contributed by atoms with E-state index in [1.807, 2.05) is 36.4 Å². The molecule has 6 aromatic carbocycles. The summed E-state index contributed by atoms with van der Waals surface area (Å²) in [5.41, 5.74) is 10.1. The Labute approximate surface area is 251 Å². The average molecular weight is 558 g/mol. The van der Waals surface area contributed by atoms with Crippen LogP contribution in [-0.4, -0.2) is 15.9 Å². The van der Waals surface area contributed by atoms with Crippen LogP contribution in [0.5, 0.6) is 0 Å². The van der Waals surface area contributed by atoms with E-state index in [-0.39, 0.29) is 6.85 Å². The number of rotatable bonds is 1. The number of hydrogen-bond acceptors (Lipinski definition) is 3. The minimum absolute atomic E-state index is 0.276. The molecule has 0 bridgehead atoms. The van der Waals surface area contributed by atoms with Crippen LogP contribution >= 0.6 is 0 Å². The zero-order chi connectivity index (χ0) is 29.1. The molecule has 44 heavy (non-hydrogen) atoms. The van der Waals surface area contributed by atoms with Crippen molar-refractivity contribution in [3.05, 3.63) is 126 Å². The van der Waals surface area contributed by atoms with E-state index >= 15 is 0 Å². The van der Waals surface area contributed by atoms with Crippen molar-refractivity contribution < 1.29 is 4.42 Å². The molecule has 200 valence electrons. The highest BCUT2D eigenvalue weighted by atomic mass is 16.3. The highest BCUT2D eigenvalue weighted by Gasteiger charge is 2.37. The van der Waals surface area contributed by atoms with Gasteiger partial charge in [0.25, 0.3) is 0 Å². The zero-order valence-electron chi connectivity index (χ0n) is 23.2. The molecular weight excluding hydrogens is 539 g/mol. The second kappa shape index (κ2) is 8.19. The van der Waals surface area contributed by atoms with E-state index in [0.29, 0.717) is 11.1 Å². The number of hydrogen-bond donors (Lipinski definition) is 0. The number of aromatic nitrogens is 2. The van der Waals surface area contributed by atoms with Gasteiger partial charge in [-0.3, -0.25) is 0 Å². The third-order valence-corrected chi connectivity index (χ3v) is 9.44. The molecular formula is C38H19BN4O. The first-order chi connectivity index (χ1) is 21.8. The van der Waals surface area contributed by atoms with E-state index < -0.39 is 0 Å². The molecule has 4 heterocycles. The van der Waals surface area contributed by atoms with Gasteiger partial charge in [0.05, 0.1) is 38.6 Å². The lowest BCUT2D eigenvalue weighted by Crippen LogP contribution is -2.53. The molecule has 0 N–H and O–H groups in total. The number of nitriles is 2. The summed E-state index contributed by atoms with van der Waals surface area (Å²) < 4.78 is 11.2. The smallest absolute Gasteiger partial charge is 0.332 e. The molecule has 0 spiro atoms. The maximum atomic E-state index is 10.3. The molecule has 9 aromatic rings. The predicted octanol–water partition coefficient (Wildman–Crippen LogP) is 7.50. The zero-order valence-corrected chi connectivity index (χ0v) is 23.2. The van der Waals surface area contributed by atoms with Crippen molar-refractivity contribution in [1.29, 1.82) is 10.5 Å². The molecule has 1 aliphatic rings. The summed E-state index contributed by atoms with van der Waals surface area (Å²) in [5.74, 6) is 0. The van der Waals surface area contributed by atoms with Gasteiger partial charge in [0.2, 0.25) is 0 Å². The Bertz CT molecular complexity index is 2750. The van der Waals surface area contributed by atoms with Crippen molar-refractivity contribution in [1.82, 2.24) is 9.05 Å². The van der Waals surface area contributed by atoms with Crippen LogP contribution in [0.25, 0.3) is 71.2 Å². The number of para-hydroxylation sites is 5.